The monoisotopic (exact) mass is 176 g/mol. The molecule has 0 rings (SSSR count). The highest BCUT2D eigenvalue weighted by Gasteiger charge is 2.07. The number of alkyl halides is 4. The van der Waals surface area contributed by atoms with Gasteiger partial charge in [0.15, 0.2) is 0 Å². The summed E-state index contributed by atoms with van der Waals surface area (Å²) in [7, 11) is -2.90. The third-order valence-corrected chi connectivity index (χ3v) is 4.98. The first-order valence-corrected chi connectivity index (χ1v) is 6.32. The first-order valence-electron chi connectivity index (χ1n) is 2.69. The van der Waals surface area contributed by atoms with E-state index in [2.05, 4.69) is 0 Å². The van der Waals surface area contributed by atoms with Crippen LogP contribution in [0.3, 0.4) is 0 Å². The fourth-order valence-corrected chi connectivity index (χ4v) is 3.84. The highest BCUT2D eigenvalue weighted by Crippen LogP contribution is 1.96. The third kappa shape index (κ3) is 8.15. The molecule has 0 spiro atoms. The molecule has 0 aromatic carbocycles. The lowest BCUT2D eigenvalue weighted by Gasteiger charge is -1.95. The van der Waals surface area contributed by atoms with Crippen LogP contribution in [0.25, 0.3) is 0 Å². The average molecular weight is 176 g/mol. The molecular weight excluding hydrogens is 168 g/mol. The summed E-state index contributed by atoms with van der Waals surface area (Å²) in [6.45, 7) is 0. The van der Waals surface area contributed by atoms with E-state index in [4.69, 9.17) is 0 Å². The predicted molar refractivity (Wildman–Crippen MR) is 33.9 cm³/mol. The van der Waals surface area contributed by atoms with Crippen molar-refractivity contribution < 1.29 is 17.6 Å². The van der Waals surface area contributed by atoms with Gasteiger partial charge in [-0.05, 0) is 0 Å². The lowest BCUT2D eigenvalue weighted by atomic mass is 11.6. The molecule has 0 bridgehead atoms. The van der Waals surface area contributed by atoms with E-state index in [0.717, 1.165) is 0 Å². The van der Waals surface area contributed by atoms with Crippen molar-refractivity contribution in [1.29, 1.82) is 0 Å². The molecule has 0 saturated carbocycles. The maximum atomic E-state index is 11.3. The van der Waals surface area contributed by atoms with Crippen LogP contribution in [0.15, 0.2) is 0 Å². The molecule has 0 amide bonds. The van der Waals surface area contributed by atoms with Gasteiger partial charge in [0.2, 0.25) is 12.1 Å². The van der Waals surface area contributed by atoms with Crippen molar-refractivity contribution in [3.63, 3.8) is 0 Å². The molecule has 0 atom stereocenters. The Morgan fingerprint density at radius 3 is 1.44 bits per heavy atom. The van der Waals surface area contributed by atoms with Gasteiger partial charge in [-0.25, -0.2) is 17.6 Å². The Balaban J connectivity index is 2.91. The first-order chi connectivity index (χ1) is 4.13. The van der Waals surface area contributed by atoms with Crippen LogP contribution in [0, 0.1) is 0 Å². The molecule has 0 N–H and O–H groups in total. The van der Waals surface area contributed by atoms with Crippen molar-refractivity contribution in [3.05, 3.63) is 0 Å². The molecular formula is C3H8F4Si2. The summed E-state index contributed by atoms with van der Waals surface area (Å²) in [5.41, 5.74) is 0.190. The van der Waals surface area contributed by atoms with Gasteiger partial charge in [-0.1, -0.05) is 5.67 Å². The van der Waals surface area contributed by atoms with Crippen molar-refractivity contribution in [3.8, 4) is 0 Å². The number of hydrogen-bond donors (Lipinski definition) is 0. The first kappa shape index (κ1) is 9.15. The smallest absolute Gasteiger partial charge is 0.214 e. The number of halogens is 4. The minimum Gasteiger partial charge on any atom is -0.216 e. The largest absolute Gasteiger partial charge is 0.216 e. The lowest BCUT2D eigenvalue weighted by molar-refractivity contribution is 0.234. The van der Waals surface area contributed by atoms with Crippen molar-refractivity contribution in [2.75, 3.05) is 0 Å². The topological polar surface area (TPSA) is 0 Å². The summed E-state index contributed by atoms with van der Waals surface area (Å²) in [6.07, 6.45) is 0. The van der Waals surface area contributed by atoms with Crippen LogP contribution in [0.1, 0.15) is 0 Å². The van der Waals surface area contributed by atoms with Gasteiger partial charge in [0, 0.05) is 0 Å². The van der Waals surface area contributed by atoms with Gasteiger partial charge in [0.1, 0.15) is 19.0 Å². The van der Waals surface area contributed by atoms with Gasteiger partial charge >= 0.3 is 0 Å². The second-order valence-electron chi connectivity index (χ2n) is 1.71. The Hall–Kier alpha value is 0.154. The van der Waals surface area contributed by atoms with E-state index in [1.807, 2.05) is 0 Å². The van der Waals surface area contributed by atoms with E-state index < -0.39 is 31.1 Å². The minimum atomic E-state index is -2.27. The van der Waals surface area contributed by atoms with E-state index >= 15 is 0 Å². The van der Waals surface area contributed by atoms with Crippen LogP contribution < -0.4 is 0 Å². The highest BCUT2D eigenvalue weighted by molar-refractivity contribution is 6.56. The average Bonchev–Trinajstić information content (AvgIpc) is 1.63. The van der Waals surface area contributed by atoms with Gasteiger partial charge < -0.3 is 0 Å². The predicted octanol–water partition coefficient (Wildman–Crippen LogP) is 0.145. The van der Waals surface area contributed by atoms with Crippen LogP contribution in [0.2, 0.25) is 5.67 Å². The van der Waals surface area contributed by atoms with Crippen LogP contribution in [0.4, 0.5) is 17.6 Å². The number of rotatable bonds is 4. The molecule has 56 valence electrons. The van der Waals surface area contributed by atoms with E-state index in [-0.39, 0.29) is 5.67 Å². The molecule has 0 aromatic rings. The number of hydrogen-bond acceptors (Lipinski definition) is 0. The molecule has 6 heteroatoms. The van der Waals surface area contributed by atoms with E-state index in [9.17, 15) is 17.6 Å². The summed E-state index contributed by atoms with van der Waals surface area (Å²) >= 11 is 0. The Bertz CT molecular complexity index is 58.8. The molecule has 0 aliphatic carbocycles. The van der Waals surface area contributed by atoms with Crippen molar-refractivity contribution in [1.82, 2.24) is 0 Å². The van der Waals surface area contributed by atoms with Crippen molar-refractivity contribution >= 4 is 19.0 Å². The van der Waals surface area contributed by atoms with E-state index in [1.54, 1.807) is 0 Å². The Kier molecular flexibility index (Phi) is 5.07. The van der Waals surface area contributed by atoms with Crippen LogP contribution in [-0.2, 0) is 0 Å². The Morgan fingerprint density at radius 2 is 1.22 bits per heavy atom. The SMILES string of the molecule is FC(F)[SiH2]C[SiH2]C(F)F. The summed E-state index contributed by atoms with van der Waals surface area (Å²) < 4.78 is 45.3. The van der Waals surface area contributed by atoms with Crippen LogP contribution >= 0.6 is 0 Å². The molecule has 0 aliphatic rings. The molecule has 0 nitrogen and oxygen atoms in total. The Labute approximate surface area is 55.3 Å². The summed E-state index contributed by atoms with van der Waals surface area (Å²) in [5, 5.41) is 0. The molecule has 0 aromatic heterocycles. The van der Waals surface area contributed by atoms with Gasteiger partial charge in [0.25, 0.3) is 0 Å². The molecule has 0 aliphatic heterocycles. The lowest BCUT2D eigenvalue weighted by Crippen LogP contribution is -2.12. The molecule has 0 saturated heterocycles. The van der Waals surface area contributed by atoms with Gasteiger partial charge in [-0.2, -0.15) is 0 Å². The molecule has 0 fully saturated rings. The Morgan fingerprint density at radius 1 is 0.889 bits per heavy atom. The zero-order chi connectivity index (χ0) is 7.28. The molecule has 0 radical (unpaired) electrons. The molecule has 0 heterocycles. The fraction of sp³-hybridized carbons (Fsp3) is 1.00. The molecule has 0 unspecified atom stereocenters. The van der Waals surface area contributed by atoms with E-state index in [1.165, 1.54) is 0 Å². The summed E-state index contributed by atoms with van der Waals surface area (Å²) in [5.74, 6) is 0. The fourth-order valence-electron chi connectivity index (χ4n) is 0.426. The van der Waals surface area contributed by atoms with Gasteiger partial charge in [-0.15, -0.1) is 0 Å². The minimum absolute atomic E-state index is 0.190. The maximum absolute atomic E-state index is 11.3. The third-order valence-electron chi connectivity index (χ3n) is 0.845. The second-order valence-corrected chi connectivity index (χ2v) is 6.93. The molecule has 9 heavy (non-hydrogen) atoms. The summed E-state index contributed by atoms with van der Waals surface area (Å²) in [4.78, 5) is 0. The summed E-state index contributed by atoms with van der Waals surface area (Å²) in [6, 6.07) is -4.53. The quantitative estimate of drug-likeness (QED) is 0.422. The van der Waals surface area contributed by atoms with Crippen molar-refractivity contribution in [2.45, 2.75) is 17.8 Å². The van der Waals surface area contributed by atoms with E-state index in [0.29, 0.717) is 0 Å². The van der Waals surface area contributed by atoms with Gasteiger partial charge in [0.05, 0.1) is 0 Å². The zero-order valence-electron chi connectivity index (χ0n) is 4.79. The standard InChI is InChI=1S/C3H8F4Si2/c4-2(5)8-1-9-3(6)7/h2-3H,1,8-9H2. The van der Waals surface area contributed by atoms with Crippen LogP contribution in [0.5, 0.6) is 0 Å². The normalized spacial score (nSPS) is 14.0. The zero-order valence-corrected chi connectivity index (χ0v) is 7.62. The van der Waals surface area contributed by atoms with Crippen LogP contribution in [-0.4, -0.2) is 31.1 Å². The second kappa shape index (κ2) is 4.98. The van der Waals surface area contributed by atoms with Crippen molar-refractivity contribution in [2.24, 2.45) is 0 Å². The van der Waals surface area contributed by atoms with Gasteiger partial charge in [-0.3, -0.25) is 0 Å². The highest BCUT2D eigenvalue weighted by atomic mass is 28.3. The maximum Gasteiger partial charge on any atom is 0.214 e.